The number of allylic oxidation sites excluding steroid dienone is 2. The third kappa shape index (κ3) is 2.90. The number of hydrogen-bond acceptors (Lipinski definition) is 3. The van der Waals surface area contributed by atoms with Crippen molar-refractivity contribution in [2.45, 2.75) is 25.3 Å². The molecule has 3 nitrogen and oxygen atoms in total. The van der Waals surface area contributed by atoms with Gasteiger partial charge in [0.05, 0.1) is 12.5 Å². The van der Waals surface area contributed by atoms with E-state index in [4.69, 9.17) is 5.11 Å². The molecule has 0 amide bonds. The van der Waals surface area contributed by atoms with E-state index in [1.807, 2.05) is 17.5 Å². The molecular weight excluding hydrogens is 258 g/mol. The van der Waals surface area contributed by atoms with E-state index in [2.05, 4.69) is 17.5 Å². The van der Waals surface area contributed by atoms with Gasteiger partial charge < -0.3 is 10.4 Å². The number of thiophene rings is 1. The number of aliphatic carboxylic acids is 1. The van der Waals surface area contributed by atoms with Gasteiger partial charge in [-0.2, -0.15) is 0 Å². The van der Waals surface area contributed by atoms with Gasteiger partial charge >= 0.3 is 5.97 Å². The summed E-state index contributed by atoms with van der Waals surface area (Å²) in [5, 5.41) is 14.5. The van der Waals surface area contributed by atoms with Crippen molar-refractivity contribution in [1.29, 1.82) is 0 Å². The maximum absolute atomic E-state index is 11.0. The molecule has 4 heteroatoms. The number of carboxylic acid groups (broad SMARTS) is 1. The zero-order valence-corrected chi connectivity index (χ0v) is 11.6. The van der Waals surface area contributed by atoms with Crippen LogP contribution in [0.2, 0.25) is 0 Å². The number of hydrogen-bond donors (Lipinski definition) is 2. The molecule has 0 saturated heterocycles. The van der Waals surface area contributed by atoms with Crippen LogP contribution in [0.5, 0.6) is 0 Å². The van der Waals surface area contributed by atoms with Crippen molar-refractivity contribution >= 4 is 17.3 Å². The average molecular weight is 277 g/mol. The topological polar surface area (TPSA) is 49.3 Å². The molecule has 0 aliphatic heterocycles. The highest BCUT2D eigenvalue weighted by Gasteiger charge is 2.35. The van der Waals surface area contributed by atoms with Crippen molar-refractivity contribution in [3.8, 4) is 0 Å². The van der Waals surface area contributed by atoms with Crippen LogP contribution < -0.4 is 5.32 Å². The van der Waals surface area contributed by atoms with E-state index in [1.165, 1.54) is 12.8 Å². The summed E-state index contributed by atoms with van der Waals surface area (Å²) < 4.78 is 0. The van der Waals surface area contributed by atoms with E-state index in [1.54, 1.807) is 11.3 Å². The molecule has 1 fully saturated rings. The first-order valence-electron chi connectivity index (χ1n) is 6.89. The number of carboxylic acids is 1. The molecule has 1 aromatic rings. The normalized spacial score (nSPS) is 29.8. The van der Waals surface area contributed by atoms with Gasteiger partial charge in [0, 0.05) is 4.88 Å². The van der Waals surface area contributed by atoms with Gasteiger partial charge in [0.2, 0.25) is 0 Å². The lowest BCUT2D eigenvalue weighted by Crippen LogP contribution is -2.30. The zero-order valence-electron chi connectivity index (χ0n) is 10.8. The van der Waals surface area contributed by atoms with Gasteiger partial charge in [-0.25, -0.2) is 0 Å². The van der Waals surface area contributed by atoms with E-state index in [9.17, 15) is 4.79 Å². The predicted molar refractivity (Wildman–Crippen MR) is 76.2 cm³/mol. The van der Waals surface area contributed by atoms with E-state index >= 15 is 0 Å². The maximum atomic E-state index is 11.0. The number of rotatable bonds is 6. The van der Waals surface area contributed by atoms with Crippen molar-refractivity contribution in [2.75, 3.05) is 6.54 Å². The third-order valence-electron chi connectivity index (χ3n) is 4.31. The summed E-state index contributed by atoms with van der Waals surface area (Å²) in [4.78, 5) is 12.1. The van der Waals surface area contributed by atoms with E-state index in [-0.39, 0.29) is 12.5 Å². The second-order valence-corrected chi connectivity index (χ2v) is 6.59. The van der Waals surface area contributed by atoms with Crippen LogP contribution in [-0.4, -0.2) is 17.6 Å². The number of fused-ring (bicyclic) bond motifs is 2. The standard InChI is InChI=1S/C15H19NO2S/c17-15(18)8-13(14-2-1-5-19-14)16-9-12-7-10-3-4-11(12)6-10/h1-5,10-13,16H,6-9H2,(H,17,18). The Labute approximate surface area is 117 Å². The fraction of sp³-hybridized carbons (Fsp3) is 0.533. The second kappa shape index (κ2) is 5.47. The Morgan fingerprint density at radius 3 is 2.95 bits per heavy atom. The molecule has 1 saturated carbocycles. The van der Waals surface area contributed by atoms with Crippen molar-refractivity contribution in [3.05, 3.63) is 34.5 Å². The quantitative estimate of drug-likeness (QED) is 0.786. The largest absolute Gasteiger partial charge is 0.481 e. The fourth-order valence-corrected chi connectivity index (χ4v) is 4.16. The van der Waals surface area contributed by atoms with Crippen molar-refractivity contribution in [3.63, 3.8) is 0 Å². The van der Waals surface area contributed by atoms with Crippen LogP contribution in [0.3, 0.4) is 0 Å². The minimum atomic E-state index is -0.737. The molecule has 2 bridgehead atoms. The summed E-state index contributed by atoms with van der Waals surface area (Å²) in [5.74, 6) is 1.44. The van der Waals surface area contributed by atoms with E-state index in [0.29, 0.717) is 11.8 Å². The highest BCUT2D eigenvalue weighted by Crippen LogP contribution is 2.43. The summed E-state index contributed by atoms with van der Waals surface area (Å²) >= 11 is 1.63. The second-order valence-electron chi connectivity index (χ2n) is 5.61. The molecule has 1 heterocycles. The third-order valence-corrected chi connectivity index (χ3v) is 5.29. The number of carbonyl (C=O) groups is 1. The minimum Gasteiger partial charge on any atom is -0.481 e. The molecule has 2 N–H and O–H groups in total. The first kappa shape index (κ1) is 12.9. The van der Waals surface area contributed by atoms with Crippen LogP contribution in [0.15, 0.2) is 29.7 Å². The van der Waals surface area contributed by atoms with Crippen LogP contribution >= 0.6 is 11.3 Å². The van der Waals surface area contributed by atoms with Gasteiger partial charge in [0.1, 0.15) is 0 Å². The Bertz CT molecular complexity index is 468. The summed E-state index contributed by atoms with van der Waals surface area (Å²) in [7, 11) is 0. The van der Waals surface area contributed by atoms with Crippen LogP contribution in [-0.2, 0) is 4.79 Å². The molecule has 102 valence electrons. The minimum absolute atomic E-state index is 0.0411. The lowest BCUT2D eigenvalue weighted by molar-refractivity contribution is -0.137. The van der Waals surface area contributed by atoms with Crippen LogP contribution in [0, 0.1) is 17.8 Å². The summed E-state index contributed by atoms with van der Waals surface area (Å²) in [6.45, 7) is 0.932. The van der Waals surface area contributed by atoms with Crippen LogP contribution in [0.1, 0.15) is 30.2 Å². The highest BCUT2D eigenvalue weighted by atomic mass is 32.1. The molecule has 4 atom stereocenters. The van der Waals surface area contributed by atoms with Gasteiger partial charge in [-0.05, 0) is 48.6 Å². The molecule has 4 unspecified atom stereocenters. The first-order chi connectivity index (χ1) is 9.22. The van der Waals surface area contributed by atoms with Gasteiger partial charge in [-0.15, -0.1) is 11.3 Å². The lowest BCUT2D eigenvalue weighted by atomic mass is 9.93. The Balaban J connectivity index is 1.59. The molecular formula is C15H19NO2S. The predicted octanol–water partition coefficient (Wildman–Crippen LogP) is 3.07. The van der Waals surface area contributed by atoms with Crippen LogP contribution in [0.25, 0.3) is 0 Å². The van der Waals surface area contributed by atoms with Gasteiger partial charge in [0.15, 0.2) is 0 Å². The van der Waals surface area contributed by atoms with Crippen molar-refractivity contribution < 1.29 is 9.90 Å². The summed E-state index contributed by atoms with van der Waals surface area (Å²) in [6, 6.07) is 3.96. The van der Waals surface area contributed by atoms with Gasteiger partial charge in [0.25, 0.3) is 0 Å². The summed E-state index contributed by atoms with van der Waals surface area (Å²) in [6.07, 6.45) is 7.41. The Morgan fingerprint density at radius 1 is 1.47 bits per heavy atom. The van der Waals surface area contributed by atoms with Gasteiger partial charge in [-0.3, -0.25) is 4.79 Å². The van der Waals surface area contributed by atoms with Crippen molar-refractivity contribution in [1.82, 2.24) is 5.32 Å². The molecule has 0 aromatic carbocycles. The number of nitrogens with one attached hydrogen (secondary N) is 1. The van der Waals surface area contributed by atoms with Crippen LogP contribution in [0.4, 0.5) is 0 Å². The monoisotopic (exact) mass is 277 g/mol. The first-order valence-corrected chi connectivity index (χ1v) is 7.77. The molecule has 2 aliphatic rings. The van der Waals surface area contributed by atoms with Gasteiger partial charge in [-0.1, -0.05) is 18.2 Å². The Kier molecular flexibility index (Phi) is 3.71. The smallest absolute Gasteiger partial charge is 0.305 e. The van der Waals surface area contributed by atoms with Crippen molar-refractivity contribution in [2.24, 2.45) is 17.8 Å². The summed E-state index contributed by atoms with van der Waals surface area (Å²) in [5.41, 5.74) is 0. The van der Waals surface area contributed by atoms with E-state index in [0.717, 1.165) is 17.3 Å². The lowest BCUT2D eigenvalue weighted by Gasteiger charge is -2.22. The SMILES string of the molecule is O=C(O)CC(NCC1CC2C=CC1C2)c1cccs1. The zero-order chi connectivity index (χ0) is 13.2. The molecule has 19 heavy (non-hydrogen) atoms. The van der Waals surface area contributed by atoms with E-state index < -0.39 is 5.97 Å². The highest BCUT2D eigenvalue weighted by molar-refractivity contribution is 7.10. The molecule has 2 aliphatic carbocycles. The Morgan fingerprint density at radius 2 is 2.37 bits per heavy atom. The molecule has 0 spiro atoms. The average Bonchev–Trinajstić information content (AvgIpc) is 3.09. The molecule has 3 rings (SSSR count). The molecule has 0 radical (unpaired) electrons. The fourth-order valence-electron chi connectivity index (χ4n) is 3.36. The maximum Gasteiger partial charge on any atom is 0.305 e. The Hall–Kier alpha value is -1.13. The molecule has 1 aromatic heterocycles.